The Balaban J connectivity index is 1.60. The molecule has 0 atom stereocenters. The molecule has 0 aliphatic heterocycles. The third kappa shape index (κ3) is 3.02. The van der Waals surface area contributed by atoms with Crippen LogP contribution in [-0.2, 0) is 21.3 Å². The van der Waals surface area contributed by atoms with Crippen LogP contribution < -0.4 is 4.72 Å². The maximum atomic E-state index is 12.7. The Hall–Kier alpha value is -2.69. The number of fused-ring (bicyclic) bond motifs is 1. The number of aromatic nitrogens is 1. The molecule has 25 heavy (non-hydrogen) atoms. The molecular formula is C18H15N3O3S. The summed E-state index contributed by atoms with van der Waals surface area (Å²) in [6, 6.07) is 16.3. The fourth-order valence-electron chi connectivity index (χ4n) is 3.02. The fraction of sp³-hybridized carbons (Fsp3) is 0.222. The molecule has 0 bridgehead atoms. The van der Waals surface area contributed by atoms with E-state index in [4.69, 9.17) is 9.78 Å². The molecule has 4 rings (SSSR count). The second-order valence-corrected chi connectivity index (χ2v) is 7.98. The molecule has 1 aliphatic carbocycles. The van der Waals surface area contributed by atoms with Crippen LogP contribution in [0.15, 0.2) is 53.1 Å². The Bertz CT molecular complexity index is 1090. The van der Waals surface area contributed by atoms with Gasteiger partial charge in [-0.15, -0.1) is 0 Å². The number of rotatable bonds is 5. The first-order valence-corrected chi connectivity index (χ1v) is 9.52. The zero-order valence-electron chi connectivity index (χ0n) is 13.3. The average molecular weight is 353 g/mol. The fourth-order valence-corrected chi connectivity index (χ4v) is 4.57. The van der Waals surface area contributed by atoms with E-state index in [2.05, 4.69) is 15.9 Å². The molecule has 0 radical (unpaired) electrons. The minimum Gasteiger partial charge on any atom is -0.356 e. The Morgan fingerprint density at radius 3 is 2.76 bits per heavy atom. The average Bonchev–Trinajstić information content (AvgIpc) is 3.28. The zero-order chi connectivity index (χ0) is 17.5. The third-order valence-electron chi connectivity index (χ3n) is 4.42. The van der Waals surface area contributed by atoms with Crippen molar-refractivity contribution in [2.45, 2.75) is 24.1 Å². The summed E-state index contributed by atoms with van der Waals surface area (Å²) >= 11 is 0. The highest BCUT2D eigenvalue weighted by Gasteiger charge is 2.47. The normalized spacial score (nSPS) is 15.8. The van der Waals surface area contributed by atoms with Gasteiger partial charge in [0.2, 0.25) is 10.0 Å². The van der Waals surface area contributed by atoms with Crippen molar-refractivity contribution in [3.8, 4) is 6.07 Å². The highest BCUT2D eigenvalue weighted by atomic mass is 32.2. The van der Waals surface area contributed by atoms with E-state index < -0.39 is 15.6 Å². The number of nitrogens with zero attached hydrogens (tertiary/aromatic N) is 2. The lowest BCUT2D eigenvalue weighted by Crippen LogP contribution is -2.35. The maximum Gasteiger partial charge on any atom is 0.218 e. The van der Waals surface area contributed by atoms with Crippen molar-refractivity contribution in [3.63, 3.8) is 0 Å². The molecule has 1 aliphatic rings. The molecule has 1 N–H and O–H groups in total. The van der Waals surface area contributed by atoms with Gasteiger partial charge >= 0.3 is 0 Å². The van der Waals surface area contributed by atoms with Crippen LogP contribution in [0.25, 0.3) is 11.0 Å². The second-order valence-electron chi connectivity index (χ2n) is 6.26. The van der Waals surface area contributed by atoms with Crippen molar-refractivity contribution in [2.75, 3.05) is 0 Å². The van der Waals surface area contributed by atoms with Crippen LogP contribution in [0.1, 0.15) is 29.7 Å². The molecule has 1 fully saturated rings. The van der Waals surface area contributed by atoms with E-state index in [-0.39, 0.29) is 5.75 Å². The molecule has 1 heterocycles. The van der Waals surface area contributed by atoms with Gasteiger partial charge in [-0.05, 0) is 42.7 Å². The SMILES string of the molecule is N#Cc1cccc(C2(NS(=O)(=O)Cc3noc4ccccc34)CC2)c1. The lowest BCUT2D eigenvalue weighted by atomic mass is 10.0. The highest BCUT2D eigenvalue weighted by Crippen LogP contribution is 2.46. The number of nitriles is 1. The van der Waals surface area contributed by atoms with Crippen LogP contribution in [0.4, 0.5) is 0 Å². The van der Waals surface area contributed by atoms with Gasteiger partial charge in [0.1, 0.15) is 11.4 Å². The Labute approximate surface area is 145 Å². The molecule has 0 unspecified atom stereocenters. The second kappa shape index (κ2) is 5.69. The van der Waals surface area contributed by atoms with Crippen LogP contribution in [0.2, 0.25) is 0 Å². The topological polar surface area (TPSA) is 96.0 Å². The van der Waals surface area contributed by atoms with Crippen LogP contribution >= 0.6 is 0 Å². The van der Waals surface area contributed by atoms with E-state index in [9.17, 15) is 8.42 Å². The van der Waals surface area contributed by atoms with Gasteiger partial charge in [0, 0.05) is 5.39 Å². The number of benzene rings is 2. The monoisotopic (exact) mass is 353 g/mol. The van der Waals surface area contributed by atoms with Gasteiger partial charge in [0.05, 0.1) is 17.2 Å². The van der Waals surface area contributed by atoms with Gasteiger partial charge in [0.15, 0.2) is 5.58 Å². The van der Waals surface area contributed by atoms with Crippen LogP contribution in [0.3, 0.4) is 0 Å². The molecule has 126 valence electrons. The summed E-state index contributed by atoms with van der Waals surface area (Å²) in [7, 11) is -3.61. The van der Waals surface area contributed by atoms with Gasteiger partial charge in [-0.1, -0.05) is 29.4 Å². The molecule has 7 heteroatoms. The van der Waals surface area contributed by atoms with Crippen molar-refractivity contribution in [2.24, 2.45) is 0 Å². The smallest absolute Gasteiger partial charge is 0.218 e. The largest absolute Gasteiger partial charge is 0.356 e. The third-order valence-corrected chi connectivity index (χ3v) is 5.78. The number of hydrogen-bond donors (Lipinski definition) is 1. The lowest BCUT2D eigenvalue weighted by molar-refractivity contribution is 0.448. The summed E-state index contributed by atoms with van der Waals surface area (Å²) in [5.41, 5.74) is 1.68. The van der Waals surface area contributed by atoms with Gasteiger partial charge in [-0.2, -0.15) is 5.26 Å². The standard InChI is InChI=1S/C18H15N3O3S/c19-11-13-4-3-5-14(10-13)18(8-9-18)21-25(22,23)12-16-15-6-1-2-7-17(15)24-20-16/h1-7,10,21H,8-9,12H2. The maximum absolute atomic E-state index is 12.7. The summed E-state index contributed by atoms with van der Waals surface area (Å²) in [5, 5.41) is 13.6. The molecule has 2 aromatic carbocycles. The molecule has 0 amide bonds. The summed E-state index contributed by atoms with van der Waals surface area (Å²) in [5.74, 6) is -0.246. The van der Waals surface area contributed by atoms with E-state index in [0.29, 0.717) is 35.1 Å². The highest BCUT2D eigenvalue weighted by molar-refractivity contribution is 7.88. The first-order valence-electron chi connectivity index (χ1n) is 7.87. The van der Waals surface area contributed by atoms with Crippen molar-refractivity contribution in [1.29, 1.82) is 5.26 Å². The number of nitrogens with one attached hydrogen (secondary N) is 1. The molecule has 1 saturated carbocycles. The minimum atomic E-state index is -3.61. The summed E-state index contributed by atoms with van der Waals surface area (Å²) in [6.07, 6.45) is 1.42. The van der Waals surface area contributed by atoms with E-state index in [1.165, 1.54) is 0 Å². The molecule has 0 saturated heterocycles. The van der Waals surface area contributed by atoms with E-state index >= 15 is 0 Å². The van der Waals surface area contributed by atoms with Crippen LogP contribution in [0, 0.1) is 11.3 Å². The quantitative estimate of drug-likeness (QED) is 0.761. The summed E-state index contributed by atoms with van der Waals surface area (Å²) in [6.45, 7) is 0. The van der Waals surface area contributed by atoms with Crippen LogP contribution in [-0.4, -0.2) is 13.6 Å². The molecule has 3 aromatic rings. The van der Waals surface area contributed by atoms with Crippen molar-refractivity contribution >= 4 is 21.0 Å². The van der Waals surface area contributed by atoms with Crippen molar-refractivity contribution < 1.29 is 12.9 Å². The summed E-state index contributed by atoms with van der Waals surface area (Å²) in [4.78, 5) is 0. The van der Waals surface area contributed by atoms with E-state index in [1.54, 1.807) is 30.3 Å². The Morgan fingerprint density at radius 2 is 2.00 bits per heavy atom. The lowest BCUT2D eigenvalue weighted by Gasteiger charge is -2.18. The first-order chi connectivity index (χ1) is 12.0. The Kier molecular flexibility index (Phi) is 3.60. The van der Waals surface area contributed by atoms with E-state index in [0.717, 1.165) is 5.56 Å². The van der Waals surface area contributed by atoms with Gasteiger partial charge in [-0.3, -0.25) is 0 Å². The van der Waals surface area contributed by atoms with Crippen molar-refractivity contribution in [3.05, 3.63) is 65.4 Å². The van der Waals surface area contributed by atoms with E-state index in [1.807, 2.05) is 18.2 Å². The molecular weight excluding hydrogens is 338 g/mol. The van der Waals surface area contributed by atoms with Gasteiger partial charge < -0.3 is 4.52 Å². The molecule has 1 aromatic heterocycles. The van der Waals surface area contributed by atoms with Gasteiger partial charge in [0.25, 0.3) is 0 Å². The predicted octanol–water partition coefficient (Wildman–Crippen LogP) is 2.81. The van der Waals surface area contributed by atoms with Crippen molar-refractivity contribution in [1.82, 2.24) is 9.88 Å². The predicted molar refractivity (Wildman–Crippen MR) is 91.8 cm³/mol. The number of para-hydroxylation sites is 1. The molecule has 6 nitrogen and oxygen atoms in total. The number of hydrogen-bond acceptors (Lipinski definition) is 5. The Morgan fingerprint density at radius 1 is 1.20 bits per heavy atom. The first kappa shape index (κ1) is 15.8. The molecule has 0 spiro atoms. The minimum absolute atomic E-state index is 0.246. The van der Waals surface area contributed by atoms with Gasteiger partial charge in [-0.25, -0.2) is 13.1 Å². The summed E-state index contributed by atoms with van der Waals surface area (Å²) < 4.78 is 33.3. The van der Waals surface area contributed by atoms with Crippen LogP contribution in [0.5, 0.6) is 0 Å². The zero-order valence-corrected chi connectivity index (χ0v) is 14.1. The number of sulfonamides is 1.